The summed E-state index contributed by atoms with van der Waals surface area (Å²) in [5.41, 5.74) is 2.60. The minimum Gasteiger partial charge on any atom is -0.341 e. The number of hydrogen-bond donors (Lipinski definition) is 1. The van der Waals surface area contributed by atoms with Crippen LogP contribution in [0.1, 0.15) is 35.3 Å². The second kappa shape index (κ2) is 5.87. The molecular weight excluding hydrogens is 322 g/mol. The zero-order valence-electron chi connectivity index (χ0n) is 13.0. The van der Waals surface area contributed by atoms with Crippen LogP contribution in [-0.4, -0.2) is 15.9 Å². The second-order valence-electron chi connectivity index (χ2n) is 6.14. The molecule has 1 heterocycles. The molecule has 1 aromatic heterocycles. The second-order valence-corrected chi connectivity index (χ2v) is 6.58. The van der Waals surface area contributed by atoms with E-state index >= 15 is 0 Å². The van der Waals surface area contributed by atoms with E-state index in [2.05, 4.69) is 15.3 Å². The number of para-hydroxylation sites is 2. The Balaban J connectivity index is 1.62. The van der Waals surface area contributed by atoms with Gasteiger partial charge in [0.25, 0.3) is 5.91 Å². The molecule has 0 unspecified atom stereocenters. The molecular formula is C19H16ClN3O. The van der Waals surface area contributed by atoms with Crippen LogP contribution in [0.15, 0.2) is 54.7 Å². The summed E-state index contributed by atoms with van der Waals surface area (Å²) in [6, 6.07) is 15.2. The van der Waals surface area contributed by atoms with Crippen molar-refractivity contribution in [3.8, 4) is 0 Å². The SMILES string of the molecule is O=C(NC1(c2ccc(Cl)cc2)CCC1)c1cnc2ccccc2n1. The fraction of sp³-hybridized carbons (Fsp3) is 0.211. The lowest BCUT2D eigenvalue weighted by Gasteiger charge is -2.43. The number of benzene rings is 2. The molecule has 1 amide bonds. The Morgan fingerprint density at radius 2 is 1.75 bits per heavy atom. The first-order chi connectivity index (χ1) is 11.7. The van der Waals surface area contributed by atoms with E-state index in [4.69, 9.17) is 11.6 Å². The topological polar surface area (TPSA) is 54.9 Å². The number of carbonyl (C=O) groups excluding carboxylic acids is 1. The van der Waals surface area contributed by atoms with Gasteiger partial charge in [-0.25, -0.2) is 4.98 Å². The molecule has 4 nitrogen and oxygen atoms in total. The van der Waals surface area contributed by atoms with Gasteiger partial charge in [0.2, 0.25) is 0 Å². The van der Waals surface area contributed by atoms with Crippen molar-refractivity contribution in [1.82, 2.24) is 15.3 Å². The Bertz CT molecular complexity index is 904. The van der Waals surface area contributed by atoms with Crippen molar-refractivity contribution >= 4 is 28.5 Å². The summed E-state index contributed by atoms with van der Waals surface area (Å²) >= 11 is 5.97. The molecule has 0 radical (unpaired) electrons. The molecule has 1 aliphatic carbocycles. The lowest BCUT2D eigenvalue weighted by atomic mass is 9.71. The van der Waals surface area contributed by atoms with Crippen molar-refractivity contribution in [3.63, 3.8) is 0 Å². The van der Waals surface area contributed by atoms with E-state index in [1.54, 1.807) is 0 Å². The first-order valence-corrected chi connectivity index (χ1v) is 8.34. The van der Waals surface area contributed by atoms with Crippen LogP contribution in [0.3, 0.4) is 0 Å². The summed E-state index contributed by atoms with van der Waals surface area (Å²) in [6.07, 6.45) is 4.46. The van der Waals surface area contributed by atoms with E-state index in [0.717, 1.165) is 35.9 Å². The molecule has 120 valence electrons. The van der Waals surface area contributed by atoms with Gasteiger partial charge in [-0.05, 0) is 49.1 Å². The number of hydrogen-bond acceptors (Lipinski definition) is 3. The van der Waals surface area contributed by atoms with Gasteiger partial charge < -0.3 is 5.32 Å². The van der Waals surface area contributed by atoms with Crippen LogP contribution in [0.4, 0.5) is 0 Å². The summed E-state index contributed by atoms with van der Waals surface area (Å²) in [6.45, 7) is 0. The summed E-state index contributed by atoms with van der Waals surface area (Å²) in [7, 11) is 0. The summed E-state index contributed by atoms with van der Waals surface area (Å²) in [5, 5.41) is 3.86. The summed E-state index contributed by atoms with van der Waals surface area (Å²) in [5.74, 6) is -0.192. The Hall–Kier alpha value is -2.46. The van der Waals surface area contributed by atoms with Gasteiger partial charge >= 0.3 is 0 Å². The van der Waals surface area contributed by atoms with E-state index in [-0.39, 0.29) is 11.4 Å². The lowest BCUT2D eigenvalue weighted by Crippen LogP contribution is -2.51. The van der Waals surface area contributed by atoms with Gasteiger partial charge in [-0.15, -0.1) is 0 Å². The van der Waals surface area contributed by atoms with Crippen LogP contribution in [-0.2, 0) is 5.54 Å². The zero-order valence-corrected chi connectivity index (χ0v) is 13.8. The smallest absolute Gasteiger partial charge is 0.272 e. The van der Waals surface area contributed by atoms with Crippen molar-refractivity contribution in [2.75, 3.05) is 0 Å². The minimum atomic E-state index is -0.324. The normalized spacial score (nSPS) is 15.7. The fourth-order valence-electron chi connectivity index (χ4n) is 3.13. The van der Waals surface area contributed by atoms with E-state index in [1.807, 2.05) is 48.5 Å². The number of amides is 1. The average molecular weight is 338 g/mol. The van der Waals surface area contributed by atoms with Crippen molar-refractivity contribution in [2.24, 2.45) is 0 Å². The number of nitrogens with one attached hydrogen (secondary N) is 1. The third-order valence-electron chi connectivity index (χ3n) is 4.64. The predicted octanol–water partition coefficient (Wildman–Crippen LogP) is 4.09. The Morgan fingerprint density at radius 3 is 2.42 bits per heavy atom. The highest BCUT2D eigenvalue weighted by atomic mass is 35.5. The number of carbonyl (C=O) groups is 1. The quantitative estimate of drug-likeness (QED) is 0.783. The third-order valence-corrected chi connectivity index (χ3v) is 4.89. The van der Waals surface area contributed by atoms with E-state index in [9.17, 15) is 4.79 Å². The van der Waals surface area contributed by atoms with Crippen molar-refractivity contribution < 1.29 is 4.79 Å². The van der Waals surface area contributed by atoms with Crippen LogP contribution in [0.2, 0.25) is 5.02 Å². The van der Waals surface area contributed by atoms with Crippen molar-refractivity contribution in [2.45, 2.75) is 24.8 Å². The third kappa shape index (κ3) is 2.63. The number of halogens is 1. The predicted molar refractivity (Wildman–Crippen MR) is 94.0 cm³/mol. The van der Waals surface area contributed by atoms with Crippen molar-refractivity contribution in [3.05, 3.63) is 71.0 Å². The van der Waals surface area contributed by atoms with Gasteiger partial charge in [-0.2, -0.15) is 0 Å². The molecule has 0 bridgehead atoms. The number of fused-ring (bicyclic) bond motifs is 1. The number of aromatic nitrogens is 2. The Labute approximate surface area is 144 Å². The molecule has 5 heteroatoms. The largest absolute Gasteiger partial charge is 0.341 e. The lowest BCUT2D eigenvalue weighted by molar-refractivity contribution is 0.0818. The molecule has 0 atom stereocenters. The van der Waals surface area contributed by atoms with Crippen LogP contribution in [0, 0.1) is 0 Å². The first kappa shape index (κ1) is 15.1. The van der Waals surface area contributed by atoms with Gasteiger partial charge in [-0.3, -0.25) is 9.78 Å². The van der Waals surface area contributed by atoms with Gasteiger partial charge in [0.1, 0.15) is 5.69 Å². The molecule has 1 N–H and O–H groups in total. The maximum Gasteiger partial charge on any atom is 0.272 e. The van der Waals surface area contributed by atoms with Gasteiger partial charge in [-0.1, -0.05) is 35.9 Å². The average Bonchev–Trinajstić information content (AvgIpc) is 2.58. The molecule has 0 aliphatic heterocycles. The molecule has 1 fully saturated rings. The minimum absolute atomic E-state index is 0.192. The van der Waals surface area contributed by atoms with Gasteiger partial charge in [0, 0.05) is 5.02 Å². The molecule has 1 saturated carbocycles. The van der Waals surface area contributed by atoms with Crippen molar-refractivity contribution in [1.29, 1.82) is 0 Å². The highest BCUT2D eigenvalue weighted by Gasteiger charge is 2.40. The summed E-state index contributed by atoms with van der Waals surface area (Å²) in [4.78, 5) is 21.4. The monoisotopic (exact) mass is 337 g/mol. The highest BCUT2D eigenvalue weighted by molar-refractivity contribution is 6.30. The van der Waals surface area contributed by atoms with E-state index in [0.29, 0.717) is 10.7 Å². The van der Waals surface area contributed by atoms with E-state index in [1.165, 1.54) is 6.20 Å². The van der Waals surface area contributed by atoms with Gasteiger partial charge in [0.05, 0.1) is 22.8 Å². The van der Waals surface area contributed by atoms with Gasteiger partial charge in [0.15, 0.2) is 0 Å². The number of nitrogens with zero attached hydrogens (tertiary/aromatic N) is 2. The first-order valence-electron chi connectivity index (χ1n) is 7.97. The van der Waals surface area contributed by atoms with Crippen LogP contribution < -0.4 is 5.32 Å². The zero-order chi connectivity index (χ0) is 16.6. The molecule has 0 spiro atoms. The summed E-state index contributed by atoms with van der Waals surface area (Å²) < 4.78 is 0. The molecule has 2 aromatic carbocycles. The maximum absolute atomic E-state index is 12.7. The highest BCUT2D eigenvalue weighted by Crippen LogP contribution is 2.41. The van der Waals surface area contributed by atoms with Crippen LogP contribution in [0.25, 0.3) is 11.0 Å². The molecule has 1 aliphatic rings. The Kier molecular flexibility index (Phi) is 3.69. The molecule has 3 aromatic rings. The molecule has 24 heavy (non-hydrogen) atoms. The van der Waals surface area contributed by atoms with Crippen LogP contribution >= 0.6 is 11.6 Å². The Morgan fingerprint density at radius 1 is 1.04 bits per heavy atom. The molecule has 4 rings (SSSR count). The molecule has 0 saturated heterocycles. The van der Waals surface area contributed by atoms with E-state index < -0.39 is 0 Å². The fourth-order valence-corrected chi connectivity index (χ4v) is 3.26. The maximum atomic E-state index is 12.7. The van der Waals surface area contributed by atoms with Crippen LogP contribution in [0.5, 0.6) is 0 Å². The number of rotatable bonds is 3. The standard InChI is InChI=1S/C19H16ClN3O/c20-14-8-6-13(7-9-14)19(10-3-11-19)23-18(24)17-12-21-15-4-1-2-5-16(15)22-17/h1-2,4-9,12H,3,10-11H2,(H,23,24).